The molecule has 9 aromatic rings. The Balaban J connectivity index is 0.000000125. The minimum atomic E-state index is -0.0906. The average Bonchev–Trinajstić information content (AvgIpc) is 1.74. The topological polar surface area (TPSA) is 162 Å². The number of carbonyl (C=O) groups is 3. The predicted molar refractivity (Wildman–Crippen MR) is 379 cm³/mol. The number of amides is 3. The molecular formula is C75H88N10O3S3. The number of hydrogen-bond donors (Lipinski definition) is 4. The van der Waals surface area contributed by atoms with E-state index in [1.165, 1.54) is 193 Å². The number of aromatic nitrogens is 3. The largest absolute Gasteiger partial charge is 0.397 e. The van der Waals surface area contributed by atoms with Crippen LogP contribution in [0.3, 0.4) is 0 Å². The van der Waals surface area contributed by atoms with Crippen LogP contribution in [0.5, 0.6) is 0 Å². The van der Waals surface area contributed by atoms with Gasteiger partial charge in [-0.3, -0.25) is 14.4 Å². The molecule has 91 heavy (non-hydrogen) atoms. The second kappa shape index (κ2) is 29.0. The van der Waals surface area contributed by atoms with E-state index in [0.29, 0.717) is 30.2 Å². The summed E-state index contributed by atoms with van der Waals surface area (Å²) >= 11 is 4.48. The number of nitrogens with zero attached hydrogens (tertiary/aromatic N) is 6. The summed E-state index contributed by atoms with van der Waals surface area (Å²) in [6.07, 6.45) is 27.5. The smallest absolute Gasteiger partial charge is 0.263 e. The van der Waals surface area contributed by atoms with E-state index in [4.69, 9.17) is 15.7 Å². The third kappa shape index (κ3) is 14.5. The van der Waals surface area contributed by atoms with Crippen LogP contribution in [0.1, 0.15) is 174 Å². The van der Waals surface area contributed by atoms with Crippen molar-refractivity contribution in [3.63, 3.8) is 0 Å². The predicted octanol–water partition coefficient (Wildman–Crippen LogP) is 14.8. The van der Waals surface area contributed by atoms with Crippen LogP contribution in [0, 0.1) is 13.8 Å². The molecule has 16 heteroatoms. The molecule has 3 aromatic carbocycles. The van der Waals surface area contributed by atoms with Crippen molar-refractivity contribution in [2.24, 2.45) is 0 Å². The van der Waals surface area contributed by atoms with E-state index >= 15 is 0 Å². The fourth-order valence-electron chi connectivity index (χ4n) is 14.4. The van der Waals surface area contributed by atoms with Gasteiger partial charge in [-0.2, -0.15) is 0 Å². The number of anilines is 4. The third-order valence-corrected chi connectivity index (χ3v) is 23.2. The number of carbonyl (C=O) groups excluding carboxylic acids is 3. The number of aryl methyl sites for hydroxylation is 8. The second-order valence-electron chi connectivity index (χ2n) is 25.9. The van der Waals surface area contributed by atoms with Gasteiger partial charge in [0.25, 0.3) is 17.7 Å². The Bertz CT molecular complexity index is 4040. The summed E-state index contributed by atoms with van der Waals surface area (Å²) in [5.74, 6) is -0.0313. The zero-order valence-corrected chi connectivity index (χ0v) is 55.7. The molecule has 6 aliphatic rings. The Morgan fingerprint density at radius 1 is 0.440 bits per heavy atom. The SMILES string of the molecule is Cc1c(C(=O)NCCc2ccc(N3CCCCC3)cc2)sc2nc3c(cc12)CCC3.Cc1c(C(=O)NCCc2ccc(N3CCCCC3)cc2)sc2nc3c(cc12)CCCC3.Nc1c(C(=O)NCCc2ccc(N3CCCCC3)cc2)sc2ncc3c(c12)CCC3. The van der Waals surface area contributed by atoms with Crippen LogP contribution in [0.2, 0.25) is 0 Å². The normalized spacial score (nSPS) is 16.2. The first-order valence-electron chi connectivity index (χ1n) is 34.0. The summed E-state index contributed by atoms with van der Waals surface area (Å²) in [6.45, 7) is 13.0. The van der Waals surface area contributed by atoms with E-state index in [0.717, 1.165) is 129 Å². The molecule has 13 nitrogen and oxygen atoms in total. The quantitative estimate of drug-likeness (QED) is 0.0777. The lowest BCUT2D eigenvalue weighted by atomic mass is 9.95. The van der Waals surface area contributed by atoms with Crippen molar-refractivity contribution in [1.82, 2.24) is 30.9 Å². The molecule has 0 atom stereocenters. The lowest BCUT2D eigenvalue weighted by Gasteiger charge is -2.28. The maximum Gasteiger partial charge on any atom is 0.263 e. The van der Waals surface area contributed by atoms with Gasteiger partial charge in [0.15, 0.2) is 0 Å². The fraction of sp³-hybridized carbons (Fsp3) is 0.440. The van der Waals surface area contributed by atoms with Crippen molar-refractivity contribution in [1.29, 1.82) is 0 Å². The molecule has 0 saturated carbocycles. The van der Waals surface area contributed by atoms with Crippen molar-refractivity contribution in [2.75, 3.05) is 79.3 Å². The number of hydrogen-bond acceptors (Lipinski definition) is 13. The van der Waals surface area contributed by atoms with Gasteiger partial charge in [0.05, 0.1) is 15.4 Å². The molecule has 3 aliphatic carbocycles. The number of nitrogen functional groups attached to an aromatic ring is 1. The zero-order chi connectivity index (χ0) is 62.2. The summed E-state index contributed by atoms with van der Waals surface area (Å²) in [6, 6.07) is 31.0. The second-order valence-corrected chi connectivity index (χ2v) is 28.9. The number of rotatable bonds is 15. The van der Waals surface area contributed by atoms with Gasteiger partial charge in [-0.15, -0.1) is 34.0 Å². The van der Waals surface area contributed by atoms with Crippen molar-refractivity contribution in [3.8, 4) is 0 Å². The lowest BCUT2D eigenvalue weighted by molar-refractivity contribution is 0.0949. The Kier molecular flexibility index (Phi) is 19.9. The van der Waals surface area contributed by atoms with Gasteiger partial charge in [-0.25, -0.2) is 15.0 Å². The van der Waals surface area contributed by atoms with Gasteiger partial charge < -0.3 is 36.4 Å². The van der Waals surface area contributed by atoms with E-state index in [1.807, 2.05) is 6.20 Å². The van der Waals surface area contributed by atoms with Gasteiger partial charge in [0, 0.05) is 110 Å². The highest BCUT2D eigenvalue weighted by atomic mass is 32.1. The number of benzene rings is 3. The van der Waals surface area contributed by atoms with Gasteiger partial charge in [-0.05, 0) is 254 Å². The molecule has 9 heterocycles. The van der Waals surface area contributed by atoms with Crippen LogP contribution in [-0.2, 0) is 57.8 Å². The van der Waals surface area contributed by atoms with Crippen LogP contribution < -0.4 is 36.4 Å². The number of fused-ring (bicyclic) bond motifs is 7. The fourth-order valence-corrected chi connectivity index (χ4v) is 17.6. The molecule has 474 valence electrons. The van der Waals surface area contributed by atoms with E-state index in [9.17, 15) is 14.4 Å². The molecule has 3 amide bonds. The first-order valence-corrected chi connectivity index (χ1v) is 36.4. The third-order valence-electron chi connectivity index (χ3n) is 19.7. The van der Waals surface area contributed by atoms with Crippen LogP contribution in [0.15, 0.2) is 91.1 Å². The first-order chi connectivity index (χ1) is 44.6. The minimum Gasteiger partial charge on any atom is -0.397 e. The van der Waals surface area contributed by atoms with Crippen molar-refractivity contribution in [2.45, 2.75) is 155 Å². The van der Waals surface area contributed by atoms with Crippen molar-refractivity contribution < 1.29 is 14.4 Å². The molecule has 3 fully saturated rings. The van der Waals surface area contributed by atoms with Crippen molar-refractivity contribution in [3.05, 3.63) is 167 Å². The minimum absolute atomic E-state index is 0.0283. The van der Waals surface area contributed by atoms with Crippen LogP contribution in [-0.4, -0.2) is 91.6 Å². The van der Waals surface area contributed by atoms with Gasteiger partial charge in [0.2, 0.25) is 0 Å². The molecule has 3 aliphatic heterocycles. The summed E-state index contributed by atoms with van der Waals surface area (Å²) in [5, 5.41) is 12.6. The standard InChI is InChI=1S/C26H31N3OS.C25H29N3OS.C24H28N4OS/c1-18-22-17-20-7-3-4-8-23(20)28-26(22)31-24(18)25(30)27-14-13-19-9-11-21(12-10-19)29-15-5-2-6-16-29;1-17-21-16-19-6-5-7-22(19)27-25(21)30-23(17)24(29)26-13-12-18-8-10-20(11-9-18)28-14-3-2-4-15-28;25-21-20-19-6-4-5-17(19)15-27-24(20)30-22(21)23(29)26-12-11-16-7-9-18(10-8-16)28-13-2-1-3-14-28/h9-12,17H,2-8,13-16H2,1H3,(H,27,30);8-11,16H,2-7,12-15H2,1H3,(H,26,29);7-10,15H,1-6,11-14,25H2,(H,26,29). The molecule has 6 aromatic heterocycles. The lowest BCUT2D eigenvalue weighted by Crippen LogP contribution is -2.29. The monoisotopic (exact) mass is 1270 g/mol. The number of nitrogens with one attached hydrogen (secondary N) is 3. The molecule has 0 unspecified atom stereocenters. The number of thiophene rings is 3. The number of pyridine rings is 3. The molecule has 0 spiro atoms. The molecular weight excluding hydrogens is 1190 g/mol. The number of nitrogens with two attached hydrogens (primary N) is 1. The Morgan fingerprint density at radius 3 is 1.26 bits per heavy atom. The maximum atomic E-state index is 12.9. The molecule has 0 bridgehead atoms. The van der Waals surface area contributed by atoms with E-state index in [1.54, 1.807) is 11.3 Å². The summed E-state index contributed by atoms with van der Waals surface area (Å²) in [5.41, 5.74) is 24.6. The highest BCUT2D eigenvalue weighted by Gasteiger charge is 2.26. The van der Waals surface area contributed by atoms with E-state index in [2.05, 4.69) is 134 Å². The van der Waals surface area contributed by atoms with Crippen molar-refractivity contribution >= 4 is 105 Å². The molecule has 15 rings (SSSR count). The maximum absolute atomic E-state index is 12.9. The first kappa shape index (κ1) is 62.4. The molecule has 5 N–H and O–H groups in total. The Morgan fingerprint density at radius 2 is 0.813 bits per heavy atom. The van der Waals surface area contributed by atoms with E-state index in [-0.39, 0.29) is 17.7 Å². The summed E-state index contributed by atoms with van der Waals surface area (Å²) < 4.78 is 0. The number of piperidine rings is 3. The van der Waals surface area contributed by atoms with Crippen LogP contribution >= 0.6 is 34.0 Å². The van der Waals surface area contributed by atoms with Gasteiger partial charge >= 0.3 is 0 Å². The summed E-state index contributed by atoms with van der Waals surface area (Å²) in [7, 11) is 0. The highest BCUT2D eigenvalue weighted by molar-refractivity contribution is 7.21. The molecule has 0 radical (unpaired) electrons. The molecule has 3 saturated heterocycles. The van der Waals surface area contributed by atoms with E-state index < -0.39 is 0 Å². The Hall–Kier alpha value is -7.40. The average molecular weight is 1270 g/mol. The summed E-state index contributed by atoms with van der Waals surface area (Å²) in [4.78, 5) is 65.2. The van der Waals surface area contributed by atoms with Gasteiger partial charge in [-0.1, -0.05) is 36.4 Å². The highest BCUT2D eigenvalue weighted by Crippen LogP contribution is 2.40. The zero-order valence-electron chi connectivity index (χ0n) is 53.3. The van der Waals surface area contributed by atoms with Crippen LogP contribution in [0.25, 0.3) is 30.6 Å². The Labute approximate surface area is 548 Å². The van der Waals surface area contributed by atoms with Gasteiger partial charge in [0.1, 0.15) is 19.4 Å². The van der Waals surface area contributed by atoms with Crippen LogP contribution in [0.4, 0.5) is 22.7 Å².